The average molecular weight is 498 g/mol. The molecule has 0 bridgehead atoms. The van der Waals surface area contributed by atoms with Crippen molar-refractivity contribution in [1.29, 1.82) is 5.26 Å². The number of aromatic amines is 1. The molecule has 12 heteroatoms. The number of amides is 1. The third kappa shape index (κ3) is 5.54. The molecule has 0 aliphatic carbocycles. The number of imidazole rings is 1. The molecule has 4 rings (SSSR count). The summed E-state index contributed by atoms with van der Waals surface area (Å²) < 4.78 is 19.7. The number of nitrogens with zero attached hydrogens (tertiary/aromatic N) is 5. The van der Waals surface area contributed by atoms with Crippen molar-refractivity contribution in [2.45, 2.75) is 18.0 Å². The quantitative estimate of drug-likeness (QED) is 0.348. The summed E-state index contributed by atoms with van der Waals surface area (Å²) in [5.74, 6) is -0.773. The van der Waals surface area contributed by atoms with Crippen LogP contribution in [0.5, 0.6) is 0 Å². The Morgan fingerprint density at radius 2 is 2.12 bits per heavy atom. The molecule has 0 saturated carbocycles. The van der Waals surface area contributed by atoms with Crippen molar-refractivity contribution in [2.24, 2.45) is 0 Å². The van der Waals surface area contributed by atoms with Gasteiger partial charge in [-0.2, -0.15) is 5.26 Å². The van der Waals surface area contributed by atoms with Gasteiger partial charge >= 0.3 is 6.01 Å². The maximum Gasteiger partial charge on any atom is 0.312 e. The lowest BCUT2D eigenvalue weighted by atomic mass is 10.1. The largest absolute Gasteiger partial charge is 0.406 e. The molecule has 2 aromatic heterocycles. The summed E-state index contributed by atoms with van der Waals surface area (Å²) in [6.07, 6.45) is 3.33. The van der Waals surface area contributed by atoms with Crippen LogP contribution in [0.4, 0.5) is 10.4 Å². The number of aromatic nitrogens is 4. The molecule has 0 aliphatic rings. The Morgan fingerprint density at radius 3 is 2.79 bits per heavy atom. The van der Waals surface area contributed by atoms with Gasteiger partial charge in [0.25, 0.3) is 0 Å². The maximum absolute atomic E-state index is 14.5. The van der Waals surface area contributed by atoms with Crippen LogP contribution in [0.15, 0.2) is 58.2 Å². The number of nitrogen functional groups attached to an aromatic ring is 1. The molecule has 3 N–H and O–H groups in total. The normalized spacial score (nSPS) is 10.7. The van der Waals surface area contributed by atoms with E-state index in [9.17, 15) is 9.18 Å². The number of nitriles is 1. The third-order valence-corrected chi connectivity index (χ3v) is 6.26. The van der Waals surface area contributed by atoms with Gasteiger partial charge in [0.15, 0.2) is 0 Å². The van der Waals surface area contributed by atoms with Gasteiger partial charge < -0.3 is 20.0 Å². The molecule has 0 spiro atoms. The standard InChI is InChI=1S/C22H17ClFN7O2S/c23-16-4-3-14(18-8-27-12-28-18)6-19(16)34-11-21(32)31(10-20-29-30-22(26)33-20)9-15-2-1-13(7-25)5-17(15)24/h1-6,8,12H,9-11H2,(H2,26,30)(H,27,28). The van der Waals surface area contributed by atoms with Crippen LogP contribution in [0.1, 0.15) is 17.0 Å². The van der Waals surface area contributed by atoms with Gasteiger partial charge in [0.2, 0.25) is 11.8 Å². The van der Waals surface area contributed by atoms with E-state index in [0.29, 0.717) is 9.92 Å². The SMILES string of the molecule is N#Cc1ccc(CN(Cc2nnc(N)o2)C(=O)CSc2cc(-c3c[nH]cn3)ccc2Cl)c(F)c1. The van der Waals surface area contributed by atoms with Gasteiger partial charge in [-0.3, -0.25) is 4.79 Å². The third-order valence-electron chi connectivity index (χ3n) is 4.78. The van der Waals surface area contributed by atoms with Gasteiger partial charge in [0.1, 0.15) is 5.82 Å². The number of carbonyl (C=O) groups is 1. The zero-order valence-corrected chi connectivity index (χ0v) is 19.1. The van der Waals surface area contributed by atoms with Crippen LogP contribution in [0.25, 0.3) is 11.3 Å². The summed E-state index contributed by atoms with van der Waals surface area (Å²) in [6, 6.07) is 11.2. The molecule has 0 atom stereocenters. The molecule has 2 heterocycles. The zero-order valence-electron chi connectivity index (χ0n) is 17.5. The molecule has 1 amide bonds. The van der Waals surface area contributed by atoms with E-state index in [1.807, 2.05) is 18.2 Å². The number of hydrogen-bond acceptors (Lipinski definition) is 8. The van der Waals surface area contributed by atoms with Crippen LogP contribution >= 0.6 is 23.4 Å². The molecular weight excluding hydrogens is 481 g/mol. The molecule has 0 saturated heterocycles. The first-order chi connectivity index (χ1) is 16.4. The molecule has 172 valence electrons. The molecule has 2 aromatic carbocycles. The second-order valence-electron chi connectivity index (χ2n) is 7.09. The van der Waals surface area contributed by atoms with E-state index >= 15 is 0 Å². The van der Waals surface area contributed by atoms with Crippen LogP contribution in [-0.4, -0.2) is 36.7 Å². The van der Waals surface area contributed by atoms with Crippen molar-refractivity contribution in [3.05, 3.63) is 76.8 Å². The molecular formula is C22H17ClFN7O2S. The zero-order chi connectivity index (χ0) is 24.1. The fraction of sp³-hybridized carbons (Fsp3) is 0.136. The van der Waals surface area contributed by atoms with Gasteiger partial charge in [-0.15, -0.1) is 16.9 Å². The van der Waals surface area contributed by atoms with E-state index in [4.69, 9.17) is 27.0 Å². The highest BCUT2D eigenvalue weighted by molar-refractivity contribution is 8.00. The summed E-state index contributed by atoms with van der Waals surface area (Å²) in [5.41, 5.74) is 7.50. The fourth-order valence-electron chi connectivity index (χ4n) is 3.10. The van der Waals surface area contributed by atoms with Crippen molar-refractivity contribution in [3.8, 4) is 17.3 Å². The summed E-state index contributed by atoms with van der Waals surface area (Å²) in [6.45, 7) is -0.135. The molecule has 0 aliphatic heterocycles. The summed E-state index contributed by atoms with van der Waals surface area (Å²) >= 11 is 7.58. The van der Waals surface area contributed by atoms with E-state index in [2.05, 4.69) is 20.2 Å². The number of anilines is 1. The first-order valence-electron chi connectivity index (χ1n) is 9.88. The lowest BCUT2D eigenvalue weighted by Gasteiger charge is -2.21. The number of H-pyrrole nitrogens is 1. The van der Waals surface area contributed by atoms with Crippen LogP contribution < -0.4 is 5.73 Å². The summed E-state index contributed by atoms with van der Waals surface area (Å²) in [4.78, 5) is 22.3. The number of rotatable bonds is 8. The molecule has 9 nitrogen and oxygen atoms in total. The average Bonchev–Trinajstić information content (AvgIpc) is 3.51. The summed E-state index contributed by atoms with van der Waals surface area (Å²) in [7, 11) is 0. The van der Waals surface area contributed by atoms with E-state index in [0.717, 1.165) is 17.3 Å². The summed E-state index contributed by atoms with van der Waals surface area (Å²) in [5, 5.41) is 16.8. The highest BCUT2D eigenvalue weighted by atomic mass is 35.5. The van der Waals surface area contributed by atoms with Gasteiger partial charge in [0, 0.05) is 28.8 Å². The highest BCUT2D eigenvalue weighted by Gasteiger charge is 2.20. The van der Waals surface area contributed by atoms with Gasteiger partial charge in [0.05, 0.1) is 41.0 Å². The van der Waals surface area contributed by atoms with Crippen LogP contribution in [0, 0.1) is 17.1 Å². The van der Waals surface area contributed by atoms with E-state index in [1.54, 1.807) is 18.6 Å². The van der Waals surface area contributed by atoms with Gasteiger partial charge in [-0.25, -0.2) is 9.37 Å². The minimum Gasteiger partial charge on any atom is -0.406 e. The Hall–Kier alpha value is -3.88. The lowest BCUT2D eigenvalue weighted by Crippen LogP contribution is -2.32. The fourth-order valence-corrected chi connectivity index (χ4v) is 4.26. The van der Waals surface area contributed by atoms with E-state index in [-0.39, 0.29) is 47.8 Å². The van der Waals surface area contributed by atoms with Crippen LogP contribution in [0.3, 0.4) is 0 Å². The first kappa shape index (κ1) is 23.3. The first-order valence-corrected chi connectivity index (χ1v) is 11.2. The molecule has 34 heavy (non-hydrogen) atoms. The van der Waals surface area contributed by atoms with Crippen LogP contribution in [0.2, 0.25) is 5.02 Å². The Bertz CT molecular complexity index is 1350. The topological polar surface area (TPSA) is 138 Å². The highest BCUT2D eigenvalue weighted by Crippen LogP contribution is 2.31. The number of carbonyl (C=O) groups excluding carboxylic acids is 1. The predicted octanol–water partition coefficient (Wildman–Crippen LogP) is 4.03. The van der Waals surface area contributed by atoms with Crippen molar-refractivity contribution in [1.82, 2.24) is 25.1 Å². The Balaban J connectivity index is 1.52. The van der Waals surface area contributed by atoms with E-state index in [1.165, 1.54) is 28.8 Å². The number of nitrogens with one attached hydrogen (secondary N) is 1. The number of halogens is 2. The van der Waals surface area contributed by atoms with E-state index < -0.39 is 5.82 Å². The second-order valence-corrected chi connectivity index (χ2v) is 8.51. The predicted molar refractivity (Wildman–Crippen MR) is 124 cm³/mol. The van der Waals surface area contributed by atoms with Gasteiger partial charge in [-0.1, -0.05) is 28.8 Å². The Labute approximate surface area is 202 Å². The van der Waals surface area contributed by atoms with Gasteiger partial charge in [-0.05, 0) is 24.3 Å². The number of thioether (sulfide) groups is 1. The smallest absolute Gasteiger partial charge is 0.312 e. The number of nitrogens with two attached hydrogens (primary N) is 1. The molecule has 0 fully saturated rings. The van der Waals surface area contributed by atoms with Crippen molar-refractivity contribution < 1.29 is 13.6 Å². The molecule has 4 aromatic rings. The monoisotopic (exact) mass is 497 g/mol. The van der Waals surface area contributed by atoms with Crippen molar-refractivity contribution >= 4 is 35.3 Å². The second kappa shape index (κ2) is 10.4. The molecule has 0 radical (unpaired) electrons. The van der Waals surface area contributed by atoms with Crippen molar-refractivity contribution in [3.63, 3.8) is 0 Å². The van der Waals surface area contributed by atoms with Crippen LogP contribution in [-0.2, 0) is 17.9 Å². The minimum absolute atomic E-state index is 0.0191. The minimum atomic E-state index is -0.593. The van der Waals surface area contributed by atoms with Crippen molar-refractivity contribution in [2.75, 3.05) is 11.5 Å². The Morgan fingerprint density at radius 1 is 1.26 bits per heavy atom. The Kier molecular flexibility index (Phi) is 7.10. The number of benzene rings is 2. The maximum atomic E-state index is 14.5. The lowest BCUT2D eigenvalue weighted by molar-refractivity contribution is -0.129. The molecule has 0 unspecified atom stereocenters. The number of hydrogen-bond donors (Lipinski definition) is 2.